The monoisotopic (exact) mass is 366 g/mol. The van der Waals surface area contributed by atoms with Crippen LogP contribution in [0.1, 0.15) is 35.2 Å². The quantitative estimate of drug-likeness (QED) is 0.854. The van der Waals surface area contributed by atoms with E-state index in [1.165, 1.54) is 0 Å². The van der Waals surface area contributed by atoms with Crippen LogP contribution in [0.3, 0.4) is 0 Å². The number of carbonyl (C=O) groups is 2. The number of rotatable bonds is 6. The molecule has 1 heterocycles. The van der Waals surface area contributed by atoms with Gasteiger partial charge in [0.2, 0.25) is 5.91 Å². The van der Waals surface area contributed by atoms with Gasteiger partial charge in [0.1, 0.15) is 5.75 Å². The Bertz CT molecular complexity index is 751. The summed E-state index contributed by atoms with van der Waals surface area (Å²) in [4.78, 5) is 26.5. The molecule has 0 atom stereocenters. The van der Waals surface area contributed by atoms with E-state index in [1.54, 1.807) is 0 Å². The summed E-state index contributed by atoms with van der Waals surface area (Å²) >= 11 is 0. The minimum atomic E-state index is -0.0453. The van der Waals surface area contributed by atoms with Crippen molar-refractivity contribution in [2.24, 2.45) is 0 Å². The van der Waals surface area contributed by atoms with E-state index in [4.69, 9.17) is 4.74 Å². The van der Waals surface area contributed by atoms with Gasteiger partial charge >= 0.3 is 0 Å². The van der Waals surface area contributed by atoms with Crippen molar-refractivity contribution in [3.05, 3.63) is 65.7 Å². The van der Waals surface area contributed by atoms with Crippen molar-refractivity contribution in [2.45, 2.75) is 32.2 Å². The number of nitrogens with zero attached hydrogens (tertiary/aromatic N) is 1. The number of likely N-dealkylation sites (tertiary alicyclic amines) is 1. The molecule has 0 unspecified atom stereocenters. The average Bonchev–Trinajstić information content (AvgIpc) is 2.70. The molecule has 0 aliphatic carbocycles. The first-order valence-corrected chi connectivity index (χ1v) is 9.45. The zero-order chi connectivity index (χ0) is 19.1. The Hall–Kier alpha value is -2.82. The van der Waals surface area contributed by atoms with Crippen LogP contribution in [0.25, 0.3) is 0 Å². The number of hydrogen-bond donors (Lipinski definition) is 1. The van der Waals surface area contributed by atoms with Crippen LogP contribution in [-0.4, -0.2) is 42.5 Å². The summed E-state index contributed by atoms with van der Waals surface area (Å²) in [5.74, 6) is 0.841. The number of amides is 2. The smallest absolute Gasteiger partial charge is 0.251 e. The van der Waals surface area contributed by atoms with E-state index in [1.807, 2.05) is 66.4 Å². The molecule has 2 aromatic rings. The van der Waals surface area contributed by atoms with Crippen LogP contribution in [0.2, 0.25) is 0 Å². The maximum atomic E-state index is 12.3. The lowest BCUT2D eigenvalue weighted by Gasteiger charge is -2.32. The summed E-state index contributed by atoms with van der Waals surface area (Å²) in [7, 11) is 0. The molecule has 142 valence electrons. The van der Waals surface area contributed by atoms with Crippen LogP contribution < -0.4 is 10.1 Å². The molecule has 2 aromatic carbocycles. The highest BCUT2D eigenvalue weighted by Crippen LogP contribution is 2.14. The highest BCUT2D eigenvalue weighted by Gasteiger charge is 2.24. The molecule has 5 nitrogen and oxygen atoms in total. The second-order valence-corrected chi connectivity index (χ2v) is 6.91. The van der Waals surface area contributed by atoms with E-state index in [0.29, 0.717) is 31.7 Å². The Morgan fingerprint density at radius 1 is 1.04 bits per heavy atom. The predicted molar refractivity (Wildman–Crippen MR) is 105 cm³/mol. The molecule has 1 aliphatic rings. The first kappa shape index (κ1) is 19.0. The van der Waals surface area contributed by atoms with Crippen molar-refractivity contribution in [3.63, 3.8) is 0 Å². The highest BCUT2D eigenvalue weighted by atomic mass is 16.5. The molecule has 0 radical (unpaired) electrons. The zero-order valence-electron chi connectivity index (χ0n) is 15.7. The number of nitrogens with one attached hydrogen (secondary N) is 1. The maximum Gasteiger partial charge on any atom is 0.251 e. The van der Waals surface area contributed by atoms with Gasteiger partial charge in [0.15, 0.2) is 0 Å². The Morgan fingerprint density at radius 2 is 1.70 bits per heavy atom. The second-order valence-electron chi connectivity index (χ2n) is 6.91. The van der Waals surface area contributed by atoms with Crippen LogP contribution in [0, 0.1) is 6.92 Å². The lowest BCUT2D eigenvalue weighted by Crippen LogP contribution is -2.46. The third-order valence-corrected chi connectivity index (χ3v) is 4.82. The van der Waals surface area contributed by atoms with Gasteiger partial charge in [-0.05, 0) is 44.0 Å². The van der Waals surface area contributed by atoms with Crippen LogP contribution in [-0.2, 0) is 4.79 Å². The summed E-state index contributed by atoms with van der Waals surface area (Å²) in [5, 5.41) is 3.08. The van der Waals surface area contributed by atoms with Gasteiger partial charge in [-0.3, -0.25) is 9.59 Å². The molecule has 27 heavy (non-hydrogen) atoms. The molecule has 1 N–H and O–H groups in total. The number of ether oxygens (including phenoxy) is 1. The Balaban J connectivity index is 1.38. The molecule has 1 aliphatic heterocycles. The Labute approximate surface area is 160 Å². The van der Waals surface area contributed by atoms with Gasteiger partial charge in [0, 0.05) is 24.7 Å². The molecule has 2 amide bonds. The second kappa shape index (κ2) is 9.21. The van der Waals surface area contributed by atoms with Crippen molar-refractivity contribution in [2.75, 3.05) is 19.7 Å². The number of hydrogen-bond acceptors (Lipinski definition) is 3. The van der Waals surface area contributed by atoms with Gasteiger partial charge in [0.25, 0.3) is 5.91 Å². The van der Waals surface area contributed by atoms with Crippen molar-refractivity contribution in [3.8, 4) is 5.75 Å². The fourth-order valence-corrected chi connectivity index (χ4v) is 3.18. The number of carbonyl (C=O) groups excluding carboxylic acids is 2. The fourth-order valence-electron chi connectivity index (χ4n) is 3.18. The van der Waals surface area contributed by atoms with E-state index >= 15 is 0 Å². The standard InChI is InChI=1S/C22H26N2O3/c1-17-7-9-18(10-8-17)22(26)23-19-11-14-24(15-12-19)21(25)13-16-27-20-5-3-2-4-6-20/h2-10,19H,11-16H2,1H3,(H,23,26). The third kappa shape index (κ3) is 5.58. The normalized spacial score (nSPS) is 14.6. The summed E-state index contributed by atoms with van der Waals surface area (Å²) in [6, 6.07) is 17.2. The van der Waals surface area contributed by atoms with Crippen LogP contribution in [0.5, 0.6) is 5.75 Å². The number of para-hydroxylation sites is 1. The SMILES string of the molecule is Cc1ccc(C(=O)NC2CCN(C(=O)CCOc3ccccc3)CC2)cc1. The van der Waals surface area contributed by atoms with E-state index in [9.17, 15) is 9.59 Å². The molecule has 5 heteroatoms. The lowest BCUT2D eigenvalue weighted by atomic mass is 10.0. The fraction of sp³-hybridized carbons (Fsp3) is 0.364. The van der Waals surface area contributed by atoms with E-state index in [-0.39, 0.29) is 17.9 Å². The van der Waals surface area contributed by atoms with Crippen molar-refractivity contribution in [1.82, 2.24) is 10.2 Å². The van der Waals surface area contributed by atoms with Gasteiger partial charge in [-0.25, -0.2) is 0 Å². The van der Waals surface area contributed by atoms with E-state index < -0.39 is 0 Å². The summed E-state index contributed by atoms with van der Waals surface area (Å²) in [6.45, 7) is 3.72. The number of benzene rings is 2. The first-order chi connectivity index (χ1) is 13.1. The zero-order valence-corrected chi connectivity index (χ0v) is 15.7. The first-order valence-electron chi connectivity index (χ1n) is 9.45. The molecule has 1 fully saturated rings. The highest BCUT2D eigenvalue weighted by molar-refractivity contribution is 5.94. The van der Waals surface area contributed by atoms with E-state index in [0.717, 1.165) is 24.2 Å². The molecule has 3 rings (SSSR count). The largest absolute Gasteiger partial charge is 0.493 e. The molecule has 0 saturated carbocycles. The van der Waals surface area contributed by atoms with Gasteiger partial charge < -0.3 is 15.0 Å². The minimum absolute atomic E-state index is 0.0453. The lowest BCUT2D eigenvalue weighted by molar-refractivity contribution is -0.132. The predicted octanol–water partition coefficient (Wildman–Crippen LogP) is 3.18. The summed E-state index contributed by atoms with van der Waals surface area (Å²) in [5.41, 5.74) is 1.81. The van der Waals surface area contributed by atoms with Crippen molar-refractivity contribution >= 4 is 11.8 Å². The minimum Gasteiger partial charge on any atom is -0.493 e. The van der Waals surface area contributed by atoms with Gasteiger partial charge in [0.05, 0.1) is 13.0 Å². The third-order valence-electron chi connectivity index (χ3n) is 4.82. The molecule has 0 spiro atoms. The van der Waals surface area contributed by atoms with Crippen molar-refractivity contribution in [1.29, 1.82) is 0 Å². The molecule has 0 bridgehead atoms. The van der Waals surface area contributed by atoms with Gasteiger partial charge in [-0.1, -0.05) is 35.9 Å². The van der Waals surface area contributed by atoms with Crippen LogP contribution in [0.15, 0.2) is 54.6 Å². The van der Waals surface area contributed by atoms with Gasteiger partial charge in [-0.2, -0.15) is 0 Å². The molecule has 0 aromatic heterocycles. The van der Waals surface area contributed by atoms with Crippen LogP contribution >= 0.6 is 0 Å². The van der Waals surface area contributed by atoms with E-state index in [2.05, 4.69) is 5.32 Å². The molecule has 1 saturated heterocycles. The van der Waals surface area contributed by atoms with Crippen LogP contribution in [0.4, 0.5) is 0 Å². The Morgan fingerprint density at radius 3 is 2.37 bits per heavy atom. The summed E-state index contributed by atoms with van der Waals surface area (Å²) < 4.78 is 5.59. The number of piperidine rings is 1. The van der Waals surface area contributed by atoms with Gasteiger partial charge in [-0.15, -0.1) is 0 Å². The Kier molecular flexibility index (Phi) is 6.47. The average molecular weight is 366 g/mol. The number of aryl methyl sites for hydroxylation is 1. The molecular formula is C22H26N2O3. The molecular weight excluding hydrogens is 340 g/mol. The van der Waals surface area contributed by atoms with Crippen molar-refractivity contribution < 1.29 is 14.3 Å². The summed E-state index contributed by atoms with van der Waals surface area (Å²) in [6.07, 6.45) is 1.93. The maximum absolute atomic E-state index is 12.3. The topological polar surface area (TPSA) is 58.6 Å².